The number of pyridine rings is 2. The van der Waals surface area contributed by atoms with Gasteiger partial charge in [0.05, 0.1) is 11.2 Å². The molecule has 0 aliphatic rings. The van der Waals surface area contributed by atoms with E-state index in [1.807, 2.05) is 13.0 Å². The molecule has 4 nitrogen and oxygen atoms in total. The largest absolute Gasteiger partial charge is 0.396 e. The van der Waals surface area contributed by atoms with Crippen molar-refractivity contribution in [2.45, 2.75) is 13.5 Å². The topological polar surface area (TPSA) is 60.9 Å². The molecule has 2 aromatic heterocycles. The number of benzene rings is 1. The molecule has 0 unspecified atom stereocenters. The lowest BCUT2D eigenvalue weighted by Gasteiger charge is -2.11. The first-order valence-electron chi connectivity index (χ1n) is 6.64. The maximum absolute atomic E-state index is 13.3. The molecule has 5 heteroatoms. The summed E-state index contributed by atoms with van der Waals surface area (Å²) in [5.74, 6) is -0.489. The third-order valence-electron chi connectivity index (χ3n) is 3.52. The number of nitrogens with zero attached hydrogens (tertiary/aromatic N) is 2. The van der Waals surface area contributed by atoms with Crippen molar-refractivity contribution in [2.75, 3.05) is 5.73 Å². The second-order valence-corrected chi connectivity index (χ2v) is 4.78. The SMILES string of the molecule is CCn1c(=O)c(-c2ccc(F)c(N)c2)cc2cnccc21. The van der Waals surface area contributed by atoms with Gasteiger partial charge >= 0.3 is 0 Å². The molecule has 0 saturated carbocycles. The number of nitrogen functional groups attached to an aromatic ring is 1. The van der Waals surface area contributed by atoms with E-state index in [0.29, 0.717) is 17.7 Å². The summed E-state index contributed by atoms with van der Waals surface area (Å²) in [5.41, 5.74) is 7.42. The maximum Gasteiger partial charge on any atom is 0.258 e. The van der Waals surface area contributed by atoms with Gasteiger partial charge < -0.3 is 10.3 Å². The van der Waals surface area contributed by atoms with E-state index in [2.05, 4.69) is 4.98 Å². The zero-order valence-electron chi connectivity index (χ0n) is 11.5. The first-order valence-corrected chi connectivity index (χ1v) is 6.64. The van der Waals surface area contributed by atoms with Gasteiger partial charge in [-0.3, -0.25) is 9.78 Å². The molecule has 106 valence electrons. The van der Waals surface area contributed by atoms with Crippen molar-refractivity contribution in [3.63, 3.8) is 0 Å². The van der Waals surface area contributed by atoms with E-state index in [4.69, 9.17) is 5.73 Å². The Labute approximate surface area is 120 Å². The average molecular weight is 283 g/mol. The normalized spacial score (nSPS) is 11.0. The molecular weight excluding hydrogens is 269 g/mol. The molecule has 21 heavy (non-hydrogen) atoms. The zero-order valence-corrected chi connectivity index (χ0v) is 11.5. The van der Waals surface area contributed by atoms with Crippen LogP contribution >= 0.6 is 0 Å². The molecule has 0 spiro atoms. The van der Waals surface area contributed by atoms with Gasteiger partial charge in [0, 0.05) is 29.9 Å². The van der Waals surface area contributed by atoms with E-state index in [1.54, 1.807) is 29.1 Å². The number of nitrogens with two attached hydrogens (primary N) is 1. The second-order valence-electron chi connectivity index (χ2n) is 4.78. The van der Waals surface area contributed by atoms with Crippen LogP contribution in [0, 0.1) is 5.82 Å². The van der Waals surface area contributed by atoms with Crippen LogP contribution in [0.15, 0.2) is 47.5 Å². The molecular formula is C16H14FN3O. The van der Waals surface area contributed by atoms with Gasteiger partial charge in [-0.05, 0) is 36.8 Å². The number of anilines is 1. The molecule has 2 heterocycles. The summed E-state index contributed by atoms with van der Waals surface area (Å²) in [6.45, 7) is 2.45. The van der Waals surface area contributed by atoms with Crippen molar-refractivity contribution in [3.8, 4) is 11.1 Å². The lowest BCUT2D eigenvalue weighted by atomic mass is 10.0. The predicted octanol–water partition coefficient (Wildman–Crippen LogP) is 2.80. The van der Waals surface area contributed by atoms with Crippen molar-refractivity contribution in [3.05, 3.63) is 58.9 Å². The highest BCUT2D eigenvalue weighted by atomic mass is 19.1. The van der Waals surface area contributed by atoms with Crippen LogP contribution in [0.1, 0.15) is 6.92 Å². The van der Waals surface area contributed by atoms with Gasteiger partial charge in [-0.1, -0.05) is 6.07 Å². The standard InChI is InChI=1S/C16H14FN3O/c1-2-20-15-5-6-19-9-11(15)7-12(16(20)21)10-3-4-13(17)14(18)8-10/h3-9H,2,18H2,1H3. The first kappa shape index (κ1) is 13.3. The van der Waals surface area contributed by atoms with Crippen molar-refractivity contribution in [1.29, 1.82) is 0 Å². The van der Waals surface area contributed by atoms with E-state index in [1.165, 1.54) is 12.1 Å². The number of hydrogen-bond acceptors (Lipinski definition) is 3. The number of hydrogen-bond donors (Lipinski definition) is 1. The highest BCUT2D eigenvalue weighted by molar-refractivity contribution is 5.83. The summed E-state index contributed by atoms with van der Waals surface area (Å²) in [4.78, 5) is 16.7. The molecule has 3 rings (SSSR count). The minimum Gasteiger partial charge on any atom is -0.396 e. The van der Waals surface area contributed by atoms with E-state index >= 15 is 0 Å². The number of halogens is 1. The quantitative estimate of drug-likeness (QED) is 0.736. The van der Waals surface area contributed by atoms with Gasteiger partial charge in [-0.2, -0.15) is 0 Å². The van der Waals surface area contributed by atoms with E-state index in [9.17, 15) is 9.18 Å². The van der Waals surface area contributed by atoms with Crippen LogP contribution in [0.4, 0.5) is 10.1 Å². The summed E-state index contributed by atoms with van der Waals surface area (Å²) >= 11 is 0. The van der Waals surface area contributed by atoms with Crippen LogP contribution in [0.2, 0.25) is 0 Å². The van der Waals surface area contributed by atoms with Crippen molar-refractivity contribution in [1.82, 2.24) is 9.55 Å². The molecule has 1 aromatic carbocycles. The fourth-order valence-electron chi connectivity index (χ4n) is 2.46. The van der Waals surface area contributed by atoms with Crippen LogP contribution in [-0.2, 0) is 6.54 Å². The summed E-state index contributed by atoms with van der Waals surface area (Å²) in [6.07, 6.45) is 3.36. The molecule has 2 N–H and O–H groups in total. The smallest absolute Gasteiger partial charge is 0.258 e. The monoisotopic (exact) mass is 283 g/mol. The van der Waals surface area contributed by atoms with Crippen molar-refractivity contribution in [2.24, 2.45) is 0 Å². The Balaban J connectivity index is 2.35. The van der Waals surface area contributed by atoms with Gasteiger partial charge in [0.25, 0.3) is 5.56 Å². The lowest BCUT2D eigenvalue weighted by Crippen LogP contribution is -2.21. The minimum absolute atomic E-state index is 0.0289. The summed E-state index contributed by atoms with van der Waals surface area (Å²) in [5, 5.41) is 0.858. The maximum atomic E-state index is 13.3. The Morgan fingerprint density at radius 3 is 2.81 bits per heavy atom. The first-order chi connectivity index (χ1) is 10.1. The Morgan fingerprint density at radius 1 is 1.29 bits per heavy atom. The Kier molecular flexibility index (Phi) is 3.17. The van der Waals surface area contributed by atoms with Gasteiger partial charge in [-0.15, -0.1) is 0 Å². The number of fused-ring (bicyclic) bond motifs is 1. The molecule has 0 saturated heterocycles. The summed E-state index contributed by atoms with van der Waals surface area (Å²) in [6, 6.07) is 7.89. The lowest BCUT2D eigenvalue weighted by molar-refractivity contribution is 0.632. The molecule has 3 aromatic rings. The van der Waals surface area contributed by atoms with Gasteiger partial charge in [0.2, 0.25) is 0 Å². The summed E-state index contributed by atoms with van der Waals surface area (Å²) in [7, 11) is 0. The zero-order chi connectivity index (χ0) is 15.0. The van der Waals surface area contributed by atoms with Gasteiger partial charge in [0.1, 0.15) is 5.82 Å². The highest BCUT2D eigenvalue weighted by Gasteiger charge is 2.11. The molecule has 0 atom stereocenters. The molecule has 0 radical (unpaired) electrons. The van der Waals surface area contributed by atoms with Crippen molar-refractivity contribution < 1.29 is 4.39 Å². The Morgan fingerprint density at radius 2 is 2.10 bits per heavy atom. The Bertz CT molecular complexity index is 886. The van der Waals surface area contributed by atoms with Crippen LogP contribution in [0.5, 0.6) is 0 Å². The number of rotatable bonds is 2. The number of aryl methyl sites for hydroxylation is 1. The van der Waals surface area contributed by atoms with Crippen molar-refractivity contribution >= 4 is 16.6 Å². The molecule has 0 bridgehead atoms. The van der Waals surface area contributed by atoms with Crippen LogP contribution in [-0.4, -0.2) is 9.55 Å². The number of aromatic nitrogens is 2. The second kappa shape index (κ2) is 5.01. The third-order valence-corrected chi connectivity index (χ3v) is 3.52. The van der Waals surface area contributed by atoms with Crippen LogP contribution < -0.4 is 11.3 Å². The van der Waals surface area contributed by atoms with E-state index in [0.717, 1.165) is 10.9 Å². The van der Waals surface area contributed by atoms with Crippen LogP contribution in [0.3, 0.4) is 0 Å². The predicted molar refractivity (Wildman–Crippen MR) is 81.5 cm³/mol. The highest BCUT2D eigenvalue weighted by Crippen LogP contribution is 2.23. The Hall–Kier alpha value is -2.69. The van der Waals surface area contributed by atoms with E-state index < -0.39 is 5.82 Å². The average Bonchev–Trinajstić information content (AvgIpc) is 2.49. The molecule has 0 aliphatic heterocycles. The minimum atomic E-state index is -0.489. The van der Waals surface area contributed by atoms with Crippen LogP contribution in [0.25, 0.3) is 22.0 Å². The molecule has 0 amide bonds. The molecule has 0 aliphatic carbocycles. The molecule has 0 fully saturated rings. The third kappa shape index (κ3) is 2.16. The summed E-state index contributed by atoms with van der Waals surface area (Å²) < 4.78 is 15.0. The fourth-order valence-corrected chi connectivity index (χ4v) is 2.46. The van der Waals surface area contributed by atoms with Gasteiger partial charge in [-0.25, -0.2) is 4.39 Å². The fraction of sp³-hybridized carbons (Fsp3) is 0.125. The van der Waals surface area contributed by atoms with Gasteiger partial charge in [0.15, 0.2) is 0 Å². The van der Waals surface area contributed by atoms with E-state index in [-0.39, 0.29) is 11.2 Å².